The largest absolute Gasteiger partial charge is 0.314 e. The highest BCUT2D eigenvalue weighted by Gasteiger charge is 2.36. The minimum atomic E-state index is 0.546. The first-order valence-corrected chi connectivity index (χ1v) is 9.33. The Morgan fingerprint density at radius 2 is 1.71 bits per heavy atom. The Morgan fingerprint density at radius 1 is 1.05 bits per heavy atom. The highest BCUT2D eigenvalue weighted by atomic mass is 15.1. The normalized spacial score (nSPS) is 33.0. The summed E-state index contributed by atoms with van der Waals surface area (Å²) in [5.41, 5.74) is 1.16. The Bertz CT molecular complexity index is 316. The van der Waals surface area contributed by atoms with Gasteiger partial charge in [0.05, 0.1) is 0 Å². The Labute approximate surface area is 133 Å². The van der Waals surface area contributed by atoms with Crippen LogP contribution in [-0.4, -0.2) is 37.1 Å². The number of hydrogen-bond donors (Lipinski definition) is 1. The molecule has 0 spiro atoms. The molecule has 0 aromatic rings. The summed E-state index contributed by atoms with van der Waals surface area (Å²) in [5, 5.41) is 3.76. The topological polar surface area (TPSA) is 15.3 Å². The van der Waals surface area contributed by atoms with Gasteiger partial charge in [-0.3, -0.25) is 0 Å². The lowest BCUT2D eigenvalue weighted by Gasteiger charge is -2.45. The van der Waals surface area contributed by atoms with Crippen molar-refractivity contribution in [2.24, 2.45) is 16.7 Å². The number of rotatable bonds is 5. The summed E-state index contributed by atoms with van der Waals surface area (Å²) in [6.07, 6.45) is 8.28. The van der Waals surface area contributed by atoms with E-state index in [2.05, 4.69) is 44.8 Å². The molecule has 1 heterocycles. The molecule has 0 aromatic heterocycles. The van der Waals surface area contributed by atoms with E-state index in [0.29, 0.717) is 10.8 Å². The third-order valence-corrected chi connectivity index (χ3v) is 6.39. The van der Waals surface area contributed by atoms with Gasteiger partial charge < -0.3 is 10.2 Å². The standard InChI is InChI=1S/C19H38N2/c1-6-19(5)10-12-21(13-11-19)15-16-14-18(3,4)9-8-17(16)20-7-2/h16-17,20H,6-15H2,1-5H3. The van der Waals surface area contributed by atoms with Gasteiger partial charge in [-0.2, -0.15) is 0 Å². The monoisotopic (exact) mass is 294 g/mol. The van der Waals surface area contributed by atoms with Crippen molar-refractivity contribution in [3.8, 4) is 0 Å². The van der Waals surface area contributed by atoms with Crippen LogP contribution in [0.4, 0.5) is 0 Å². The van der Waals surface area contributed by atoms with Crippen molar-refractivity contribution < 1.29 is 0 Å². The second-order valence-corrected chi connectivity index (χ2v) is 8.80. The van der Waals surface area contributed by atoms with E-state index >= 15 is 0 Å². The van der Waals surface area contributed by atoms with E-state index < -0.39 is 0 Å². The van der Waals surface area contributed by atoms with Gasteiger partial charge in [-0.05, 0) is 68.5 Å². The fourth-order valence-corrected chi connectivity index (χ4v) is 4.42. The van der Waals surface area contributed by atoms with Crippen LogP contribution in [0, 0.1) is 16.7 Å². The Kier molecular flexibility index (Phi) is 5.76. The molecular weight excluding hydrogens is 256 g/mol. The molecule has 2 aliphatic rings. The zero-order valence-electron chi connectivity index (χ0n) is 15.2. The SMILES string of the molecule is CCNC1CCC(C)(C)CC1CN1CCC(C)(CC)CC1. The fourth-order valence-electron chi connectivity index (χ4n) is 4.42. The number of hydrogen-bond acceptors (Lipinski definition) is 2. The third kappa shape index (κ3) is 4.69. The Hall–Kier alpha value is -0.0800. The van der Waals surface area contributed by atoms with Gasteiger partial charge in [0, 0.05) is 12.6 Å². The molecule has 0 aromatic carbocycles. The van der Waals surface area contributed by atoms with Crippen LogP contribution < -0.4 is 5.32 Å². The molecule has 2 atom stereocenters. The second kappa shape index (κ2) is 7.00. The van der Waals surface area contributed by atoms with Crippen molar-refractivity contribution in [3.63, 3.8) is 0 Å². The van der Waals surface area contributed by atoms with Gasteiger partial charge in [0.15, 0.2) is 0 Å². The molecule has 0 bridgehead atoms. The van der Waals surface area contributed by atoms with Gasteiger partial charge in [-0.1, -0.05) is 41.0 Å². The first-order chi connectivity index (χ1) is 9.87. The van der Waals surface area contributed by atoms with E-state index in [0.717, 1.165) is 18.5 Å². The number of piperidine rings is 1. The van der Waals surface area contributed by atoms with E-state index in [1.165, 1.54) is 58.2 Å². The highest BCUT2D eigenvalue weighted by Crippen LogP contribution is 2.40. The zero-order valence-corrected chi connectivity index (χ0v) is 15.2. The summed E-state index contributed by atoms with van der Waals surface area (Å²) in [5.74, 6) is 0.847. The van der Waals surface area contributed by atoms with Crippen LogP contribution in [0.15, 0.2) is 0 Å². The third-order valence-electron chi connectivity index (χ3n) is 6.39. The molecule has 21 heavy (non-hydrogen) atoms. The predicted molar refractivity (Wildman–Crippen MR) is 92.7 cm³/mol. The quantitative estimate of drug-likeness (QED) is 0.813. The lowest BCUT2D eigenvalue weighted by Crippen LogP contribution is -2.49. The number of likely N-dealkylation sites (tertiary alicyclic amines) is 1. The smallest absolute Gasteiger partial charge is 0.0108 e. The van der Waals surface area contributed by atoms with Crippen LogP contribution in [0.5, 0.6) is 0 Å². The van der Waals surface area contributed by atoms with Gasteiger partial charge in [-0.15, -0.1) is 0 Å². The van der Waals surface area contributed by atoms with E-state index in [1.807, 2.05) is 0 Å². The van der Waals surface area contributed by atoms with Gasteiger partial charge in [0.25, 0.3) is 0 Å². The lowest BCUT2D eigenvalue weighted by atomic mass is 9.69. The zero-order chi connectivity index (χ0) is 15.5. The summed E-state index contributed by atoms with van der Waals surface area (Å²) < 4.78 is 0. The first-order valence-electron chi connectivity index (χ1n) is 9.33. The molecule has 124 valence electrons. The molecule has 0 amide bonds. The molecule has 2 unspecified atom stereocenters. The summed E-state index contributed by atoms with van der Waals surface area (Å²) in [4.78, 5) is 2.76. The average molecular weight is 295 g/mol. The predicted octanol–water partition coefficient (Wildman–Crippen LogP) is 4.30. The minimum Gasteiger partial charge on any atom is -0.314 e. The molecule has 1 saturated heterocycles. The maximum absolute atomic E-state index is 3.76. The van der Waals surface area contributed by atoms with Crippen LogP contribution in [0.25, 0.3) is 0 Å². The molecule has 1 N–H and O–H groups in total. The Balaban J connectivity index is 1.90. The fraction of sp³-hybridized carbons (Fsp3) is 1.00. The Morgan fingerprint density at radius 3 is 2.29 bits per heavy atom. The van der Waals surface area contributed by atoms with E-state index in [-0.39, 0.29) is 0 Å². The van der Waals surface area contributed by atoms with Crippen LogP contribution >= 0.6 is 0 Å². The lowest BCUT2D eigenvalue weighted by molar-refractivity contribution is 0.0620. The molecule has 1 aliphatic carbocycles. The van der Waals surface area contributed by atoms with E-state index in [4.69, 9.17) is 0 Å². The second-order valence-electron chi connectivity index (χ2n) is 8.80. The number of nitrogens with zero attached hydrogens (tertiary/aromatic N) is 1. The molecule has 2 rings (SSSR count). The molecular formula is C19H38N2. The molecule has 2 nitrogen and oxygen atoms in total. The van der Waals surface area contributed by atoms with Crippen molar-refractivity contribution >= 4 is 0 Å². The van der Waals surface area contributed by atoms with Crippen molar-refractivity contribution in [1.29, 1.82) is 0 Å². The number of nitrogens with one attached hydrogen (secondary N) is 1. The summed E-state index contributed by atoms with van der Waals surface area (Å²) >= 11 is 0. The maximum atomic E-state index is 3.76. The van der Waals surface area contributed by atoms with Crippen LogP contribution in [0.1, 0.15) is 73.1 Å². The van der Waals surface area contributed by atoms with Crippen molar-refractivity contribution in [2.45, 2.75) is 79.2 Å². The van der Waals surface area contributed by atoms with Crippen LogP contribution in [0.3, 0.4) is 0 Å². The molecule has 1 saturated carbocycles. The molecule has 2 fully saturated rings. The van der Waals surface area contributed by atoms with Crippen molar-refractivity contribution in [3.05, 3.63) is 0 Å². The van der Waals surface area contributed by atoms with Gasteiger partial charge in [-0.25, -0.2) is 0 Å². The molecule has 2 heteroatoms. The van der Waals surface area contributed by atoms with Crippen LogP contribution in [0.2, 0.25) is 0 Å². The first kappa shape index (κ1) is 17.3. The maximum Gasteiger partial charge on any atom is 0.0108 e. The molecule has 0 radical (unpaired) electrons. The van der Waals surface area contributed by atoms with E-state index in [1.54, 1.807) is 0 Å². The van der Waals surface area contributed by atoms with Crippen molar-refractivity contribution in [2.75, 3.05) is 26.2 Å². The van der Waals surface area contributed by atoms with Gasteiger partial charge in [0.2, 0.25) is 0 Å². The highest BCUT2D eigenvalue weighted by molar-refractivity contribution is 4.91. The molecule has 1 aliphatic heterocycles. The van der Waals surface area contributed by atoms with E-state index in [9.17, 15) is 0 Å². The van der Waals surface area contributed by atoms with Gasteiger partial charge >= 0.3 is 0 Å². The average Bonchev–Trinajstić information content (AvgIpc) is 2.44. The van der Waals surface area contributed by atoms with Gasteiger partial charge in [0.1, 0.15) is 0 Å². The summed E-state index contributed by atoms with van der Waals surface area (Å²) in [7, 11) is 0. The van der Waals surface area contributed by atoms with Crippen molar-refractivity contribution in [1.82, 2.24) is 10.2 Å². The minimum absolute atomic E-state index is 0.546. The van der Waals surface area contributed by atoms with Crippen LogP contribution in [-0.2, 0) is 0 Å². The summed E-state index contributed by atoms with van der Waals surface area (Å²) in [6, 6.07) is 0.752. The summed E-state index contributed by atoms with van der Waals surface area (Å²) in [6.45, 7) is 17.1.